The first-order valence-electron chi connectivity index (χ1n) is 12.7. The number of carbonyl (C=O) groups is 2. The van der Waals surface area contributed by atoms with E-state index >= 15 is 0 Å². The molecule has 2 aromatic carbocycles. The highest BCUT2D eigenvalue weighted by molar-refractivity contribution is 6.32. The summed E-state index contributed by atoms with van der Waals surface area (Å²) in [6, 6.07) is 11.3. The molecule has 8 nitrogen and oxygen atoms in total. The standard InChI is InChI=1S/C28H36ClN3O5/c1-19-15-23(16-20(2)24(19)29)37-18-28(35)9-11-31(12-10-28)17-21-5-7-22(8-6-21)36-14-13-32-25(33)27(3,4)30-26(32)34/h5-8,15-16,35H,9-14,17-18H2,1-4H3,(H,30,34). The lowest BCUT2D eigenvalue weighted by molar-refractivity contribution is -0.130. The Morgan fingerprint density at radius 3 is 2.19 bits per heavy atom. The van der Waals surface area contributed by atoms with Crippen molar-refractivity contribution in [2.24, 2.45) is 0 Å². The summed E-state index contributed by atoms with van der Waals surface area (Å²) in [5.41, 5.74) is 1.36. The molecule has 0 saturated carbocycles. The molecule has 0 atom stereocenters. The predicted octanol–water partition coefficient (Wildman–Crippen LogP) is 4.07. The fourth-order valence-electron chi connectivity index (χ4n) is 4.70. The molecule has 2 aromatic rings. The number of hydrogen-bond acceptors (Lipinski definition) is 6. The van der Waals surface area contributed by atoms with Gasteiger partial charge in [0.25, 0.3) is 5.91 Å². The van der Waals surface area contributed by atoms with Gasteiger partial charge in [-0.05, 0) is 81.5 Å². The molecule has 37 heavy (non-hydrogen) atoms. The minimum atomic E-state index is -0.870. The number of amides is 3. The van der Waals surface area contributed by atoms with Crippen molar-refractivity contribution >= 4 is 23.5 Å². The van der Waals surface area contributed by atoms with Gasteiger partial charge in [-0.1, -0.05) is 23.7 Å². The van der Waals surface area contributed by atoms with Gasteiger partial charge in [0, 0.05) is 24.7 Å². The number of likely N-dealkylation sites (tertiary alicyclic amines) is 1. The van der Waals surface area contributed by atoms with E-state index in [1.165, 1.54) is 4.90 Å². The molecule has 0 aliphatic carbocycles. The van der Waals surface area contributed by atoms with E-state index in [4.69, 9.17) is 21.1 Å². The molecule has 2 aliphatic rings. The lowest BCUT2D eigenvalue weighted by Crippen LogP contribution is -2.47. The summed E-state index contributed by atoms with van der Waals surface area (Å²) < 4.78 is 11.7. The molecule has 0 spiro atoms. The minimum Gasteiger partial charge on any atom is -0.492 e. The fourth-order valence-corrected chi connectivity index (χ4v) is 4.81. The number of nitrogens with zero attached hydrogens (tertiary/aromatic N) is 2. The summed E-state index contributed by atoms with van der Waals surface area (Å²) in [5, 5.41) is 14.4. The van der Waals surface area contributed by atoms with Crippen LogP contribution in [-0.4, -0.2) is 70.8 Å². The minimum absolute atomic E-state index is 0.202. The smallest absolute Gasteiger partial charge is 0.325 e. The number of hydrogen-bond donors (Lipinski definition) is 2. The van der Waals surface area contributed by atoms with Crippen LogP contribution in [0, 0.1) is 13.8 Å². The van der Waals surface area contributed by atoms with Gasteiger partial charge in [0.1, 0.15) is 35.9 Å². The SMILES string of the molecule is Cc1cc(OCC2(O)CCN(Cc3ccc(OCCN4C(=O)NC(C)(C)C4=O)cc3)CC2)cc(C)c1Cl. The quantitative estimate of drug-likeness (QED) is 0.476. The lowest BCUT2D eigenvalue weighted by atomic mass is 9.92. The molecule has 2 heterocycles. The van der Waals surface area contributed by atoms with E-state index in [0.717, 1.165) is 47.1 Å². The van der Waals surface area contributed by atoms with Crippen LogP contribution in [-0.2, 0) is 11.3 Å². The van der Waals surface area contributed by atoms with E-state index in [1.54, 1.807) is 13.8 Å². The molecule has 2 fully saturated rings. The second-order valence-electron chi connectivity index (χ2n) is 10.7. The normalized spacial score (nSPS) is 19.1. The van der Waals surface area contributed by atoms with Crippen molar-refractivity contribution in [3.05, 3.63) is 58.1 Å². The van der Waals surface area contributed by atoms with Crippen LogP contribution < -0.4 is 14.8 Å². The van der Waals surface area contributed by atoms with Crippen molar-refractivity contribution in [3.8, 4) is 11.5 Å². The first-order valence-corrected chi connectivity index (χ1v) is 13.0. The molecule has 9 heteroatoms. The van der Waals surface area contributed by atoms with Crippen LogP contribution in [0.3, 0.4) is 0 Å². The van der Waals surface area contributed by atoms with Gasteiger partial charge in [-0.3, -0.25) is 14.6 Å². The highest BCUT2D eigenvalue weighted by atomic mass is 35.5. The first-order chi connectivity index (χ1) is 17.5. The number of halogens is 1. The number of benzene rings is 2. The summed E-state index contributed by atoms with van der Waals surface area (Å²) in [6.07, 6.45) is 1.28. The van der Waals surface area contributed by atoms with Gasteiger partial charge >= 0.3 is 6.03 Å². The molecule has 0 aromatic heterocycles. The molecule has 2 aliphatic heterocycles. The van der Waals surface area contributed by atoms with Crippen LogP contribution in [0.15, 0.2) is 36.4 Å². The monoisotopic (exact) mass is 529 g/mol. The van der Waals surface area contributed by atoms with Crippen LogP contribution in [0.1, 0.15) is 43.4 Å². The van der Waals surface area contributed by atoms with E-state index in [1.807, 2.05) is 50.2 Å². The molecule has 0 bridgehead atoms. The summed E-state index contributed by atoms with van der Waals surface area (Å²) >= 11 is 6.24. The van der Waals surface area contributed by atoms with Gasteiger partial charge in [-0.15, -0.1) is 0 Å². The first kappa shape index (κ1) is 27.2. The summed E-state index contributed by atoms with van der Waals surface area (Å²) in [4.78, 5) is 27.7. The number of nitrogens with one attached hydrogen (secondary N) is 1. The maximum Gasteiger partial charge on any atom is 0.325 e. The third-order valence-electron chi connectivity index (χ3n) is 7.06. The Morgan fingerprint density at radius 1 is 1.00 bits per heavy atom. The zero-order valence-corrected chi connectivity index (χ0v) is 22.7. The zero-order valence-electron chi connectivity index (χ0n) is 22.0. The van der Waals surface area contributed by atoms with E-state index in [0.29, 0.717) is 18.6 Å². The fraction of sp³-hybridized carbons (Fsp3) is 0.500. The van der Waals surface area contributed by atoms with Crippen molar-refractivity contribution in [1.82, 2.24) is 15.1 Å². The van der Waals surface area contributed by atoms with Gasteiger partial charge in [0.2, 0.25) is 0 Å². The van der Waals surface area contributed by atoms with E-state index in [-0.39, 0.29) is 31.7 Å². The van der Waals surface area contributed by atoms with E-state index < -0.39 is 11.1 Å². The predicted molar refractivity (Wildman–Crippen MR) is 142 cm³/mol. The number of carbonyl (C=O) groups excluding carboxylic acids is 2. The van der Waals surface area contributed by atoms with Crippen LogP contribution >= 0.6 is 11.6 Å². The Balaban J connectivity index is 1.20. The molecule has 0 unspecified atom stereocenters. The molecule has 0 radical (unpaired) electrons. The Kier molecular flexibility index (Phi) is 8.02. The van der Waals surface area contributed by atoms with Gasteiger partial charge < -0.3 is 19.9 Å². The summed E-state index contributed by atoms with van der Waals surface area (Å²) in [5.74, 6) is 1.18. The molecule has 2 N–H and O–H groups in total. The number of imide groups is 1. The molecule has 4 rings (SSSR count). The van der Waals surface area contributed by atoms with E-state index in [9.17, 15) is 14.7 Å². The van der Waals surface area contributed by atoms with Gasteiger partial charge in [-0.25, -0.2) is 4.79 Å². The number of aryl methyl sites for hydroxylation is 2. The van der Waals surface area contributed by atoms with Crippen LogP contribution in [0.2, 0.25) is 5.02 Å². The van der Waals surface area contributed by atoms with Crippen molar-refractivity contribution in [2.75, 3.05) is 32.8 Å². The molecular weight excluding hydrogens is 494 g/mol. The highest BCUT2D eigenvalue weighted by Gasteiger charge is 2.43. The van der Waals surface area contributed by atoms with Crippen LogP contribution in [0.4, 0.5) is 4.79 Å². The average Bonchev–Trinajstić information content (AvgIpc) is 3.05. The lowest BCUT2D eigenvalue weighted by Gasteiger charge is -2.38. The van der Waals surface area contributed by atoms with Gasteiger partial charge in [0.15, 0.2) is 0 Å². The van der Waals surface area contributed by atoms with Crippen LogP contribution in [0.5, 0.6) is 11.5 Å². The van der Waals surface area contributed by atoms with Crippen molar-refractivity contribution in [1.29, 1.82) is 0 Å². The van der Waals surface area contributed by atoms with Crippen molar-refractivity contribution in [2.45, 2.75) is 58.2 Å². The highest BCUT2D eigenvalue weighted by Crippen LogP contribution is 2.29. The Labute approximate surface area is 223 Å². The molecule has 200 valence electrons. The van der Waals surface area contributed by atoms with Crippen molar-refractivity contribution < 1.29 is 24.2 Å². The number of rotatable bonds is 9. The number of piperidine rings is 1. The summed E-state index contributed by atoms with van der Waals surface area (Å²) in [7, 11) is 0. The summed E-state index contributed by atoms with van der Waals surface area (Å²) in [6.45, 7) is 10.3. The van der Waals surface area contributed by atoms with Crippen molar-refractivity contribution in [3.63, 3.8) is 0 Å². The second kappa shape index (κ2) is 10.9. The third kappa shape index (κ3) is 6.55. The topological polar surface area (TPSA) is 91.3 Å². The second-order valence-corrected chi connectivity index (χ2v) is 11.0. The molecule has 2 saturated heterocycles. The zero-order chi connectivity index (χ0) is 26.8. The maximum absolute atomic E-state index is 12.2. The van der Waals surface area contributed by atoms with Gasteiger partial charge in [0.05, 0.1) is 6.54 Å². The Bertz CT molecular complexity index is 1120. The Morgan fingerprint density at radius 2 is 1.62 bits per heavy atom. The number of urea groups is 1. The van der Waals surface area contributed by atoms with Gasteiger partial charge in [-0.2, -0.15) is 0 Å². The molecule has 3 amide bonds. The van der Waals surface area contributed by atoms with Crippen LogP contribution in [0.25, 0.3) is 0 Å². The third-order valence-corrected chi connectivity index (χ3v) is 7.66. The number of aliphatic hydroxyl groups is 1. The largest absolute Gasteiger partial charge is 0.492 e. The van der Waals surface area contributed by atoms with E-state index in [2.05, 4.69) is 10.2 Å². The Hall–Kier alpha value is -2.81. The maximum atomic E-state index is 12.2. The average molecular weight is 530 g/mol. The number of ether oxygens (including phenoxy) is 2. The molecular formula is C28H36ClN3O5.